The number of hydrogen-bond acceptors (Lipinski definition) is 6. The van der Waals surface area contributed by atoms with E-state index in [9.17, 15) is 12.8 Å². The van der Waals surface area contributed by atoms with Gasteiger partial charge in [0.15, 0.2) is 0 Å². The number of nitrogens with zero attached hydrogens (tertiary/aromatic N) is 3. The molecule has 1 aliphatic carbocycles. The van der Waals surface area contributed by atoms with Gasteiger partial charge in [-0.25, -0.2) is 17.9 Å². The molecule has 4 aromatic rings. The van der Waals surface area contributed by atoms with Gasteiger partial charge in [0.05, 0.1) is 10.6 Å². The molecule has 5 rings (SSSR count). The van der Waals surface area contributed by atoms with Gasteiger partial charge in [-0.15, -0.1) is 5.10 Å². The van der Waals surface area contributed by atoms with Crippen molar-refractivity contribution < 1.29 is 12.8 Å². The molecule has 0 bridgehead atoms. The highest BCUT2D eigenvalue weighted by atomic mass is 32.2. The van der Waals surface area contributed by atoms with E-state index in [1.54, 1.807) is 36.7 Å². The lowest BCUT2D eigenvalue weighted by atomic mass is 9.97. The quantitative estimate of drug-likeness (QED) is 0.490. The predicted molar refractivity (Wildman–Crippen MR) is 113 cm³/mol. The van der Waals surface area contributed by atoms with Crippen LogP contribution in [0.2, 0.25) is 0 Å². The minimum Gasteiger partial charge on any atom is -0.322 e. The van der Waals surface area contributed by atoms with Gasteiger partial charge in [-0.3, -0.25) is 4.98 Å². The first kappa shape index (κ1) is 19.4. The van der Waals surface area contributed by atoms with E-state index in [4.69, 9.17) is 0 Å². The normalized spacial score (nSPS) is 13.2. The fourth-order valence-corrected chi connectivity index (χ4v) is 4.98. The predicted octanol–water partition coefficient (Wildman–Crippen LogP) is 4.07. The number of pyridine rings is 1. The van der Waals surface area contributed by atoms with Crippen LogP contribution in [0.4, 0.5) is 16.0 Å². The fourth-order valence-electron chi connectivity index (χ4n) is 3.87. The molecule has 2 N–H and O–H groups in total. The van der Waals surface area contributed by atoms with Gasteiger partial charge in [-0.2, -0.15) is 4.98 Å². The van der Waals surface area contributed by atoms with Gasteiger partial charge in [0.25, 0.3) is 0 Å². The van der Waals surface area contributed by atoms with Crippen molar-refractivity contribution in [3.8, 4) is 11.1 Å². The number of aromatic amines is 1. The van der Waals surface area contributed by atoms with Crippen LogP contribution in [0.1, 0.15) is 17.5 Å². The van der Waals surface area contributed by atoms with Crippen molar-refractivity contribution in [1.29, 1.82) is 0 Å². The largest absolute Gasteiger partial charge is 0.322 e. The molecule has 0 atom stereocenters. The monoisotopic (exact) mass is 435 g/mol. The van der Waals surface area contributed by atoms with E-state index in [1.807, 2.05) is 6.07 Å². The summed E-state index contributed by atoms with van der Waals surface area (Å²) in [7, 11) is -3.83. The summed E-state index contributed by atoms with van der Waals surface area (Å²) in [6.07, 6.45) is 5.52. The Balaban J connectivity index is 1.57. The van der Waals surface area contributed by atoms with Crippen molar-refractivity contribution in [1.82, 2.24) is 20.2 Å². The number of aromatic nitrogens is 4. The van der Waals surface area contributed by atoms with Crippen LogP contribution in [0.25, 0.3) is 11.1 Å². The molecule has 2 heterocycles. The number of halogens is 1. The Bertz CT molecular complexity index is 1360. The van der Waals surface area contributed by atoms with Crippen molar-refractivity contribution in [3.63, 3.8) is 0 Å². The zero-order valence-corrected chi connectivity index (χ0v) is 17.2. The van der Waals surface area contributed by atoms with Gasteiger partial charge < -0.3 is 5.32 Å². The molecule has 2 aromatic heterocycles. The molecule has 7 nitrogen and oxygen atoms in total. The van der Waals surface area contributed by atoms with Crippen molar-refractivity contribution in [3.05, 3.63) is 77.9 Å². The Kier molecular flexibility index (Phi) is 4.74. The van der Waals surface area contributed by atoms with Crippen molar-refractivity contribution in [2.75, 3.05) is 5.32 Å². The fraction of sp³-hybridized carbons (Fsp3) is 0.136. The molecule has 2 aromatic carbocycles. The third-order valence-electron chi connectivity index (χ3n) is 5.33. The lowest BCUT2D eigenvalue weighted by Crippen LogP contribution is -2.05. The summed E-state index contributed by atoms with van der Waals surface area (Å²) >= 11 is 0. The van der Waals surface area contributed by atoms with Gasteiger partial charge in [0, 0.05) is 23.5 Å². The highest BCUT2D eigenvalue weighted by Crippen LogP contribution is 2.40. The van der Waals surface area contributed by atoms with Gasteiger partial charge in [-0.1, -0.05) is 24.3 Å². The smallest absolute Gasteiger partial charge is 0.249 e. The molecule has 0 amide bonds. The third kappa shape index (κ3) is 3.46. The molecular weight excluding hydrogens is 417 g/mol. The van der Waals surface area contributed by atoms with Gasteiger partial charge in [0.1, 0.15) is 5.82 Å². The van der Waals surface area contributed by atoms with Crippen LogP contribution >= 0.6 is 0 Å². The number of H-pyrrole nitrogens is 1. The minimum atomic E-state index is -3.83. The summed E-state index contributed by atoms with van der Waals surface area (Å²) in [6.45, 7) is 0. The maximum Gasteiger partial charge on any atom is 0.249 e. The average Bonchev–Trinajstić information content (AvgIpc) is 3.47. The first-order valence-corrected chi connectivity index (χ1v) is 11.3. The van der Waals surface area contributed by atoms with Gasteiger partial charge >= 0.3 is 0 Å². The van der Waals surface area contributed by atoms with E-state index in [-0.39, 0.29) is 21.8 Å². The highest BCUT2D eigenvalue weighted by molar-refractivity contribution is 7.91. The van der Waals surface area contributed by atoms with Gasteiger partial charge in [-0.05, 0) is 54.7 Å². The summed E-state index contributed by atoms with van der Waals surface area (Å²) in [5, 5.41) is 9.42. The standard InChI is InChI=1S/C22H18FN5O2S/c23-19-12-18(14-6-5-11-24-13-14)20(17-10-4-9-16(17)19)25-21-26-22(28-27-21)31(29,30)15-7-2-1-3-8-15/h1-3,5-8,11-13H,4,9-10H2,(H2,25,26,27,28). The maximum absolute atomic E-state index is 14.7. The van der Waals surface area contributed by atoms with Crippen LogP contribution in [-0.4, -0.2) is 28.6 Å². The molecule has 0 unspecified atom stereocenters. The average molecular weight is 435 g/mol. The maximum atomic E-state index is 14.7. The first-order chi connectivity index (χ1) is 15.0. The number of nitrogens with one attached hydrogen (secondary N) is 2. The second-order valence-electron chi connectivity index (χ2n) is 7.24. The number of hydrogen-bond donors (Lipinski definition) is 2. The summed E-state index contributed by atoms with van der Waals surface area (Å²) in [4.78, 5) is 8.42. The third-order valence-corrected chi connectivity index (χ3v) is 6.92. The Labute approximate surface area is 178 Å². The second kappa shape index (κ2) is 7.59. The van der Waals surface area contributed by atoms with Crippen molar-refractivity contribution >= 4 is 21.5 Å². The zero-order chi connectivity index (χ0) is 21.4. The Morgan fingerprint density at radius 3 is 2.61 bits per heavy atom. The van der Waals surface area contributed by atoms with Crippen LogP contribution in [-0.2, 0) is 22.7 Å². The SMILES string of the molecule is O=S(=O)(c1ccccc1)c1nc(Nc2c(-c3cccnc3)cc(F)c3c2CCC3)n[nH]1. The first-order valence-electron chi connectivity index (χ1n) is 9.78. The van der Waals surface area contributed by atoms with Crippen LogP contribution in [0.15, 0.2) is 71.0 Å². The Hall–Kier alpha value is -3.59. The van der Waals surface area contributed by atoms with Crippen molar-refractivity contribution in [2.45, 2.75) is 29.3 Å². The van der Waals surface area contributed by atoms with E-state index < -0.39 is 9.84 Å². The van der Waals surface area contributed by atoms with E-state index in [0.29, 0.717) is 29.7 Å². The zero-order valence-electron chi connectivity index (χ0n) is 16.3. The lowest BCUT2D eigenvalue weighted by molar-refractivity contribution is 0.587. The van der Waals surface area contributed by atoms with E-state index in [1.165, 1.54) is 18.2 Å². The van der Waals surface area contributed by atoms with Crippen LogP contribution < -0.4 is 5.32 Å². The number of anilines is 2. The van der Waals surface area contributed by atoms with Crippen LogP contribution in [0, 0.1) is 5.82 Å². The summed E-state index contributed by atoms with van der Waals surface area (Å²) in [5.41, 5.74) is 3.57. The molecule has 0 spiro atoms. The molecular formula is C22H18FN5O2S. The topological polar surface area (TPSA) is 101 Å². The molecule has 0 saturated heterocycles. The Morgan fingerprint density at radius 1 is 1.03 bits per heavy atom. The molecule has 31 heavy (non-hydrogen) atoms. The van der Waals surface area contributed by atoms with Gasteiger partial charge in [0.2, 0.25) is 20.9 Å². The van der Waals surface area contributed by atoms with E-state index in [2.05, 4.69) is 25.5 Å². The van der Waals surface area contributed by atoms with E-state index in [0.717, 1.165) is 17.5 Å². The number of fused-ring (bicyclic) bond motifs is 1. The molecule has 0 aliphatic heterocycles. The second-order valence-corrected chi connectivity index (χ2v) is 9.10. The van der Waals surface area contributed by atoms with Crippen LogP contribution in [0.5, 0.6) is 0 Å². The lowest BCUT2D eigenvalue weighted by Gasteiger charge is -2.16. The van der Waals surface area contributed by atoms with E-state index >= 15 is 0 Å². The molecule has 0 saturated carbocycles. The summed E-state index contributed by atoms with van der Waals surface area (Å²) < 4.78 is 40.3. The summed E-state index contributed by atoms with van der Waals surface area (Å²) in [6, 6.07) is 13.1. The molecule has 1 aliphatic rings. The van der Waals surface area contributed by atoms with Crippen LogP contribution in [0.3, 0.4) is 0 Å². The molecule has 0 fully saturated rings. The number of benzene rings is 2. The number of rotatable bonds is 5. The number of sulfone groups is 1. The summed E-state index contributed by atoms with van der Waals surface area (Å²) in [5.74, 6) is -0.153. The highest BCUT2D eigenvalue weighted by Gasteiger charge is 2.26. The minimum absolute atomic E-state index is 0.0976. The molecule has 156 valence electrons. The molecule has 0 radical (unpaired) electrons. The Morgan fingerprint density at radius 2 is 1.84 bits per heavy atom. The molecule has 9 heteroatoms. The van der Waals surface area contributed by atoms with Crippen molar-refractivity contribution in [2.24, 2.45) is 0 Å².